The number of piperidine rings is 1. The molecule has 10 nitrogen and oxygen atoms in total. The maximum atomic E-state index is 15.5. The van der Waals surface area contributed by atoms with E-state index in [-0.39, 0.29) is 40.6 Å². The van der Waals surface area contributed by atoms with E-state index in [9.17, 15) is 9.59 Å². The number of nitrogen functional groups attached to an aromatic ring is 1. The fourth-order valence-corrected chi connectivity index (χ4v) is 5.45. The minimum atomic E-state index is -0.649. The van der Waals surface area contributed by atoms with Gasteiger partial charge in [0.1, 0.15) is 34.5 Å². The van der Waals surface area contributed by atoms with Crippen LogP contribution in [0.25, 0.3) is 16.8 Å². The van der Waals surface area contributed by atoms with Crippen LogP contribution in [-0.2, 0) is 4.79 Å². The summed E-state index contributed by atoms with van der Waals surface area (Å²) in [5.41, 5.74) is 7.64. The summed E-state index contributed by atoms with van der Waals surface area (Å²) in [6, 6.07) is 9.32. The molecular weight excluding hydrogens is 487 g/mol. The van der Waals surface area contributed by atoms with E-state index in [1.54, 1.807) is 12.4 Å². The first-order chi connectivity index (χ1) is 18.4. The highest BCUT2D eigenvalue weighted by atomic mass is 19.1. The second kappa shape index (κ2) is 9.23. The Kier molecular flexibility index (Phi) is 5.72. The number of halogens is 1. The number of carbonyl (C=O) groups excluding carboxylic acids is 2. The highest BCUT2D eigenvalue weighted by molar-refractivity contribution is 6.04. The smallest absolute Gasteiger partial charge is 0.256 e. The molecule has 2 amide bonds. The van der Waals surface area contributed by atoms with E-state index >= 15 is 4.39 Å². The van der Waals surface area contributed by atoms with Gasteiger partial charge in [0.2, 0.25) is 5.91 Å². The molecule has 3 N–H and O–H groups in total. The van der Waals surface area contributed by atoms with E-state index in [0.29, 0.717) is 35.6 Å². The number of anilines is 2. The largest absolute Gasteiger partial charge is 0.382 e. The van der Waals surface area contributed by atoms with Gasteiger partial charge < -0.3 is 16.0 Å². The van der Waals surface area contributed by atoms with Gasteiger partial charge in [-0.3, -0.25) is 14.0 Å². The van der Waals surface area contributed by atoms with E-state index in [4.69, 9.17) is 16.0 Å². The molecule has 0 spiro atoms. The second-order valence-electron chi connectivity index (χ2n) is 9.55. The number of fused-ring (bicyclic) bond motifs is 2. The van der Waals surface area contributed by atoms with Crippen molar-refractivity contribution in [3.8, 4) is 17.3 Å². The van der Waals surface area contributed by atoms with Crippen molar-refractivity contribution in [3.05, 3.63) is 71.7 Å². The van der Waals surface area contributed by atoms with Gasteiger partial charge in [-0.2, -0.15) is 5.26 Å². The third-order valence-electron chi connectivity index (χ3n) is 7.31. The van der Waals surface area contributed by atoms with Crippen LogP contribution in [0.5, 0.6) is 0 Å². The number of rotatable bonds is 4. The highest BCUT2D eigenvalue weighted by Gasteiger charge is 2.38. The lowest BCUT2D eigenvalue weighted by Gasteiger charge is -2.34. The molecular formula is C27H23FN8O2. The Hall–Kier alpha value is -4.85. The van der Waals surface area contributed by atoms with E-state index in [0.717, 1.165) is 25.3 Å². The van der Waals surface area contributed by atoms with Crippen molar-refractivity contribution in [1.82, 2.24) is 24.3 Å². The van der Waals surface area contributed by atoms with Gasteiger partial charge in [0.25, 0.3) is 5.91 Å². The average molecular weight is 511 g/mol. The monoisotopic (exact) mass is 510 g/mol. The zero-order valence-corrected chi connectivity index (χ0v) is 20.3. The Morgan fingerprint density at radius 2 is 2.03 bits per heavy atom. The second-order valence-corrected chi connectivity index (χ2v) is 9.55. The lowest BCUT2D eigenvalue weighted by molar-refractivity contribution is -0.130. The molecule has 2 atom stereocenters. The Bertz CT molecular complexity index is 1640. The molecule has 2 unspecified atom stereocenters. The van der Waals surface area contributed by atoms with Gasteiger partial charge in [0.15, 0.2) is 0 Å². The number of imidazole rings is 1. The first-order valence-corrected chi connectivity index (χ1v) is 12.3. The van der Waals surface area contributed by atoms with Crippen LogP contribution in [0.1, 0.15) is 53.3 Å². The van der Waals surface area contributed by atoms with Gasteiger partial charge in [0, 0.05) is 54.6 Å². The molecule has 0 aliphatic carbocycles. The average Bonchev–Trinajstić information content (AvgIpc) is 3.50. The fraction of sp³-hybridized carbons (Fsp3) is 0.259. The Balaban J connectivity index is 1.34. The van der Waals surface area contributed by atoms with Crippen molar-refractivity contribution in [3.63, 3.8) is 0 Å². The lowest BCUT2D eigenvalue weighted by Crippen LogP contribution is -2.41. The molecule has 2 saturated heterocycles. The molecule has 38 heavy (non-hydrogen) atoms. The summed E-state index contributed by atoms with van der Waals surface area (Å²) in [5, 5.41) is 11.6. The van der Waals surface area contributed by atoms with Crippen molar-refractivity contribution >= 4 is 29.0 Å². The highest BCUT2D eigenvalue weighted by Crippen LogP contribution is 2.38. The number of nitrogens with two attached hydrogens (primary N) is 1. The van der Waals surface area contributed by atoms with Crippen LogP contribution in [-0.4, -0.2) is 48.7 Å². The first-order valence-electron chi connectivity index (χ1n) is 12.3. The van der Waals surface area contributed by atoms with Crippen LogP contribution in [0.4, 0.5) is 16.0 Å². The predicted octanol–water partition coefficient (Wildman–Crippen LogP) is 3.50. The fourth-order valence-electron chi connectivity index (χ4n) is 5.45. The third kappa shape index (κ3) is 4.00. The number of hydrogen-bond acceptors (Lipinski definition) is 7. The summed E-state index contributed by atoms with van der Waals surface area (Å²) in [5.74, 6) is 0.0147. The molecule has 4 aromatic rings. The van der Waals surface area contributed by atoms with Gasteiger partial charge in [-0.1, -0.05) is 0 Å². The van der Waals surface area contributed by atoms with Crippen molar-refractivity contribution in [1.29, 1.82) is 5.26 Å². The van der Waals surface area contributed by atoms with Crippen LogP contribution >= 0.6 is 0 Å². The van der Waals surface area contributed by atoms with Crippen LogP contribution < -0.4 is 11.1 Å². The van der Waals surface area contributed by atoms with Crippen LogP contribution in [0, 0.1) is 17.1 Å². The lowest BCUT2D eigenvalue weighted by atomic mass is 9.92. The Labute approximate surface area is 216 Å². The first kappa shape index (κ1) is 23.5. The van der Waals surface area contributed by atoms with Crippen LogP contribution in [0.2, 0.25) is 0 Å². The van der Waals surface area contributed by atoms with E-state index in [2.05, 4.69) is 15.3 Å². The SMILES string of the molecule is N#Cc1ccnc(NC(=O)c2ccc(-c3nc(C4CCC5CCC(=O)N5C4)n4ccnc(N)c34)c(F)c2)c1. The summed E-state index contributed by atoms with van der Waals surface area (Å²) in [7, 11) is 0. The predicted molar refractivity (Wildman–Crippen MR) is 136 cm³/mol. The molecule has 0 saturated carbocycles. The molecule has 6 rings (SSSR count). The molecule has 0 radical (unpaired) electrons. The maximum absolute atomic E-state index is 15.5. The number of hydrogen-bond donors (Lipinski definition) is 2. The number of nitrogens with one attached hydrogen (secondary N) is 1. The Morgan fingerprint density at radius 1 is 1.16 bits per heavy atom. The minimum Gasteiger partial charge on any atom is -0.382 e. The molecule has 0 bridgehead atoms. The van der Waals surface area contributed by atoms with Crippen molar-refractivity contribution in [2.75, 3.05) is 17.6 Å². The summed E-state index contributed by atoms with van der Waals surface area (Å²) in [4.78, 5) is 40.1. The minimum absolute atomic E-state index is 0.0267. The van der Waals surface area contributed by atoms with Gasteiger partial charge in [-0.05, 0) is 49.6 Å². The van der Waals surface area contributed by atoms with Gasteiger partial charge in [-0.15, -0.1) is 0 Å². The number of nitrogens with zero attached hydrogens (tertiary/aromatic N) is 6. The summed E-state index contributed by atoms with van der Waals surface area (Å²) < 4.78 is 17.3. The molecule has 1 aromatic carbocycles. The van der Waals surface area contributed by atoms with Gasteiger partial charge in [0.05, 0.1) is 11.6 Å². The number of nitriles is 1. The van der Waals surface area contributed by atoms with Gasteiger partial charge in [-0.25, -0.2) is 19.3 Å². The molecule has 3 aromatic heterocycles. The van der Waals surface area contributed by atoms with E-state index in [1.807, 2.05) is 15.4 Å². The van der Waals surface area contributed by atoms with E-state index in [1.165, 1.54) is 30.5 Å². The number of pyridine rings is 1. The number of benzene rings is 1. The zero-order chi connectivity index (χ0) is 26.4. The number of aromatic nitrogens is 4. The molecule has 11 heteroatoms. The summed E-state index contributed by atoms with van der Waals surface area (Å²) in [6.07, 6.45) is 7.95. The zero-order valence-electron chi connectivity index (χ0n) is 20.3. The topological polar surface area (TPSA) is 142 Å². The standard InChI is InChI=1S/C27H23FN8O2/c28-20-12-16(27(38)33-21-11-15(13-29)7-8-31-21)2-5-19(20)23-24-25(30)32-9-10-35(24)26(34-23)17-1-3-18-4-6-22(37)36(18)14-17/h2,5,7-12,17-18H,1,3-4,6,14H2,(H2,30,32)(H,31,33,38). The van der Waals surface area contributed by atoms with Crippen molar-refractivity contribution in [2.45, 2.75) is 37.6 Å². The third-order valence-corrected chi connectivity index (χ3v) is 7.31. The van der Waals surface area contributed by atoms with Crippen LogP contribution in [0.3, 0.4) is 0 Å². The quantitative estimate of drug-likeness (QED) is 0.428. The van der Waals surface area contributed by atoms with Gasteiger partial charge >= 0.3 is 0 Å². The number of amides is 2. The maximum Gasteiger partial charge on any atom is 0.256 e. The number of carbonyl (C=O) groups is 2. The summed E-state index contributed by atoms with van der Waals surface area (Å²) >= 11 is 0. The van der Waals surface area contributed by atoms with Crippen LogP contribution in [0.15, 0.2) is 48.9 Å². The summed E-state index contributed by atoms with van der Waals surface area (Å²) in [6.45, 7) is 0.562. The van der Waals surface area contributed by atoms with Crippen molar-refractivity contribution in [2.24, 2.45) is 0 Å². The van der Waals surface area contributed by atoms with E-state index < -0.39 is 11.7 Å². The molecule has 190 valence electrons. The normalized spacial score (nSPS) is 18.8. The molecule has 2 aliphatic heterocycles. The molecule has 5 heterocycles. The molecule has 2 fully saturated rings. The van der Waals surface area contributed by atoms with Crippen molar-refractivity contribution < 1.29 is 14.0 Å². The molecule has 2 aliphatic rings. The Morgan fingerprint density at radius 3 is 2.84 bits per heavy atom.